The number of nitrogens with one attached hydrogen (secondary N) is 3. The zero-order valence-corrected chi connectivity index (χ0v) is 35.3. The molecule has 0 radical (unpaired) electrons. The van der Waals surface area contributed by atoms with E-state index in [0.29, 0.717) is 11.9 Å². The van der Waals surface area contributed by atoms with Gasteiger partial charge in [-0.1, -0.05) is 22.6 Å². The molecular weight excluding hydrogens is 778 g/mol. The van der Waals surface area contributed by atoms with Crippen LogP contribution in [0.2, 0.25) is 0 Å². The Labute approximate surface area is 335 Å². The van der Waals surface area contributed by atoms with E-state index in [1.807, 2.05) is 74.6 Å². The van der Waals surface area contributed by atoms with Gasteiger partial charge in [0.2, 0.25) is 0 Å². The molecule has 0 aliphatic heterocycles. The molecule has 0 aromatic carbocycles. The van der Waals surface area contributed by atoms with Crippen LogP contribution in [0, 0.1) is 13.8 Å². The minimum Gasteiger partial charge on any atom is -0.870 e. The van der Waals surface area contributed by atoms with E-state index in [0.717, 1.165) is 40.0 Å². The Balaban J connectivity index is 0.000000801. The molecule has 0 unspecified atom stereocenters. The van der Waals surface area contributed by atoms with Gasteiger partial charge in [-0.25, -0.2) is 34.2 Å². The van der Waals surface area contributed by atoms with E-state index in [9.17, 15) is 9.59 Å². The number of halogens is 1. The molecule has 15 nitrogen and oxygen atoms in total. The van der Waals surface area contributed by atoms with Crippen molar-refractivity contribution < 1.29 is 54.1 Å². The van der Waals surface area contributed by atoms with E-state index >= 15 is 0 Å². The molecule has 0 spiro atoms. The number of esters is 2. The van der Waals surface area contributed by atoms with Gasteiger partial charge < -0.3 is 25.6 Å². The summed E-state index contributed by atoms with van der Waals surface area (Å²) >= 11 is 1.97. The second-order valence-electron chi connectivity index (χ2n) is 11.8. The van der Waals surface area contributed by atoms with Crippen molar-refractivity contribution >= 4 is 52.4 Å². The number of ether oxygens (including phenoxy) is 2. The van der Waals surface area contributed by atoms with E-state index in [2.05, 4.69) is 73.6 Å². The molecule has 17 heteroatoms. The number of anilines is 2. The fourth-order valence-corrected chi connectivity index (χ4v) is 4.19. The summed E-state index contributed by atoms with van der Waals surface area (Å²) in [6, 6.07) is 8.41. The first-order valence-electron chi connectivity index (χ1n) is 15.8. The SMILES string of the molecule is CC(C)OC(=O)/C=C\I.Cc1cc(-c2ncn(/C=C\C(=O)OC(C)C)n2)cc(NC(C)C)n1.Cc1cc(-c2ncn[nH]2)cc(NC(C)C)n1.[Na+].[OH-]. The molecule has 4 heterocycles. The number of hydrogen-bond donors (Lipinski definition) is 3. The average Bonchev–Trinajstić information content (AvgIpc) is 3.68. The first-order valence-corrected chi connectivity index (χ1v) is 17.0. The van der Waals surface area contributed by atoms with Crippen LogP contribution in [-0.2, 0) is 19.1 Å². The summed E-state index contributed by atoms with van der Waals surface area (Å²) in [5, 5.41) is 17.6. The Morgan fingerprint density at radius 2 is 1.31 bits per heavy atom. The third kappa shape index (κ3) is 19.5. The molecule has 0 saturated carbocycles. The number of aromatic nitrogens is 8. The largest absolute Gasteiger partial charge is 1.00 e. The summed E-state index contributed by atoms with van der Waals surface area (Å²) < 4.78 is 12.9. The standard InChI is InChI=1S/C17H23N5O2.C11H15N5.C6H9IO2.Na.H2O/c1-11(2)19-15-9-14(8-13(5)20-15)17-18-10-22(21-17)7-6-16(23)24-12(3)4;1-7(2)14-10-5-9(4-8(3)15-10)11-12-6-13-16-11;1-5(2)9-6(8)3-4-7;;/h6-12H,1-5H3,(H,19,20);4-7H,1-3H3,(H,14,15)(H,12,13,16);3-5H,1-2H3;;1H2/q;;;+1;/p-1/b7-6-;;4-3-;;. The van der Waals surface area contributed by atoms with Crippen LogP contribution in [0.25, 0.3) is 29.0 Å². The number of carbonyl (C=O) groups excluding carboxylic acids is 2. The molecule has 4 aromatic rings. The Hall–Kier alpha value is -3.71. The second kappa shape index (κ2) is 24.5. The quantitative estimate of drug-likeness (QED) is 0.0857. The molecule has 0 atom stereocenters. The predicted molar refractivity (Wildman–Crippen MR) is 203 cm³/mol. The van der Waals surface area contributed by atoms with Gasteiger partial charge in [-0.3, -0.25) is 5.10 Å². The van der Waals surface area contributed by atoms with Crippen LogP contribution in [0.5, 0.6) is 0 Å². The fraction of sp³-hybridized carbons (Fsp3) is 0.412. The van der Waals surface area contributed by atoms with Gasteiger partial charge >= 0.3 is 41.5 Å². The molecule has 272 valence electrons. The number of aryl methyl sites for hydroxylation is 2. The molecule has 0 bridgehead atoms. The fourth-order valence-electron chi connectivity index (χ4n) is 3.90. The van der Waals surface area contributed by atoms with Crippen LogP contribution in [0.3, 0.4) is 0 Å². The van der Waals surface area contributed by atoms with Gasteiger partial charge in [0, 0.05) is 53.0 Å². The van der Waals surface area contributed by atoms with Gasteiger partial charge in [0.1, 0.15) is 24.3 Å². The summed E-state index contributed by atoms with van der Waals surface area (Å²) in [5.74, 6) is 2.28. The summed E-state index contributed by atoms with van der Waals surface area (Å²) in [6.07, 6.45) is 7.09. The topological polar surface area (TPSA) is 205 Å². The van der Waals surface area contributed by atoms with E-state index < -0.39 is 5.97 Å². The zero-order chi connectivity index (χ0) is 36.5. The number of aromatic amines is 1. The van der Waals surface area contributed by atoms with Crippen molar-refractivity contribution in [2.75, 3.05) is 10.6 Å². The van der Waals surface area contributed by atoms with Gasteiger partial charge in [0.05, 0.1) is 12.2 Å². The van der Waals surface area contributed by atoms with Gasteiger partial charge in [-0.2, -0.15) is 5.10 Å². The number of pyridine rings is 2. The van der Waals surface area contributed by atoms with Crippen LogP contribution < -0.4 is 40.2 Å². The molecule has 0 saturated heterocycles. The van der Waals surface area contributed by atoms with Gasteiger partial charge in [-0.05, 0) is 97.6 Å². The van der Waals surface area contributed by atoms with Crippen LogP contribution in [-0.4, -0.2) is 81.6 Å². The molecule has 4 N–H and O–H groups in total. The van der Waals surface area contributed by atoms with E-state index in [4.69, 9.17) is 9.47 Å². The van der Waals surface area contributed by atoms with Crippen molar-refractivity contribution in [2.45, 2.75) is 93.5 Å². The molecule has 4 rings (SSSR count). The Bertz CT molecular complexity index is 1680. The predicted octanol–water partition coefficient (Wildman–Crippen LogP) is 3.60. The molecule has 51 heavy (non-hydrogen) atoms. The maximum absolute atomic E-state index is 11.5. The summed E-state index contributed by atoms with van der Waals surface area (Å²) in [6.45, 7) is 19.4. The number of H-pyrrole nitrogens is 1. The molecule has 0 amide bonds. The Kier molecular flexibility index (Phi) is 22.7. The summed E-state index contributed by atoms with van der Waals surface area (Å²) in [4.78, 5) is 39.3. The van der Waals surface area contributed by atoms with Crippen LogP contribution in [0.15, 0.2) is 53.2 Å². The van der Waals surface area contributed by atoms with E-state index in [1.165, 1.54) is 29.4 Å². The molecule has 4 aromatic heterocycles. The van der Waals surface area contributed by atoms with Crippen molar-refractivity contribution in [3.63, 3.8) is 0 Å². The monoisotopic (exact) mass is 826 g/mol. The number of rotatable bonds is 11. The Morgan fingerprint density at radius 1 is 0.804 bits per heavy atom. The van der Waals surface area contributed by atoms with Crippen molar-refractivity contribution in [3.8, 4) is 22.8 Å². The van der Waals surface area contributed by atoms with Crippen molar-refractivity contribution in [1.29, 1.82) is 0 Å². The van der Waals surface area contributed by atoms with Crippen LogP contribution >= 0.6 is 22.6 Å². The number of hydrogen-bond acceptors (Lipinski definition) is 13. The van der Waals surface area contributed by atoms with Crippen molar-refractivity contribution in [2.24, 2.45) is 0 Å². The zero-order valence-electron chi connectivity index (χ0n) is 31.2. The second-order valence-corrected chi connectivity index (χ2v) is 12.5. The maximum Gasteiger partial charge on any atom is 1.00 e. The summed E-state index contributed by atoms with van der Waals surface area (Å²) in [5.41, 5.74) is 3.69. The third-order valence-corrected chi connectivity index (χ3v) is 5.86. The van der Waals surface area contributed by atoms with Crippen LogP contribution in [0.1, 0.15) is 66.8 Å². The van der Waals surface area contributed by atoms with Gasteiger partial charge in [-0.15, -0.1) is 5.10 Å². The third-order valence-electron chi connectivity index (χ3n) is 5.50. The first kappa shape index (κ1) is 47.3. The smallest absolute Gasteiger partial charge is 0.870 e. The Morgan fingerprint density at radius 3 is 1.78 bits per heavy atom. The first-order chi connectivity index (χ1) is 23.1. The van der Waals surface area contributed by atoms with Crippen molar-refractivity contribution in [1.82, 2.24) is 39.9 Å². The minimum absolute atomic E-state index is 0. The molecule has 0 aliphatic carbocycles. The molecule has 0 aliphatic rings. The van der Waals surface area contributed by atoms with E-state index in [-0.39, 0.29) is 59.3 Å². The number of nitrogens with zero attached hydrogens (tertiary/aromatic N) is 7. The number of carbonyl (C=O) groups is 2. The summed E-state index contributed by atoms with van der Waals surface area (Å²) in [7, 11) is 0. The minimum atomic E-state index is -0.412. The van der Waals surface area contributed by atoms with Gasteiger partial charge in [0.25, 0.3) is 0 Å². The maximum atomic E-state index is 11.5. The van der Waals surface area contributed by atoms with Crippen LogP contribution in [0.4, 0.5) is 11.6 Å². The average molecular weight is 827 g/mol. The van der Waals surface area contributed by atoms with E-state index in [1.54, 1.807) is 24.3 Å². The van der Waals surface area contributed by atoms with Crippen molar-refractivity contribution in [3.05, 3.63) is 64.5 Å². The normalized spacial score (nSPS) is 10.6. The molecular formula is C34H48IN10NaO5. The van der Waals surface area contributed by atoms with Gasteiger partial charge in [0.15, 0.2) is 11.6 Å². The molecule has 0 fully saturated rings.